The Morgan fingerprint density at radius 1 is 0.706 bits per heavy atom. The molecular formula is C16H26Ru. The van der Waals surface area contributed by atoms with Crippen LogP contribution in [-0.2, 0) is 19.5 Å². The summed E-state index contributed by atoms with van der Waals surface area (Å²) in [7, 11) is 0. The first-order valence-electron chi connectivity index (χ1n) is 5.95. The van der Waals surface area contributed by atoms with Gasteiger partial charge in [0, 0.05) is 0 Å². The van der Waals surface area contributed by atoms with Gasteiger partial charge in [0.1, 0.15) is 0 Å². The van der Waals surface area contributed by atoms with Crippen LogP contribution in [0.5, 0.6) is 0 Å². The van der Waals surface area contributed by atoms with E-state index in [9.17, 15) is 0 Å². The Hall–Kier alpha value is -0.417. The van der Waals surface area contributed by atoms with Crippen LogP contribution in [0.2, 0.25) is 0 Å². The number of hydrogen-bond acceptors (Lipinski definition) is 0. The average molecular weight is 319 g/mol. The summed E-state index contributed by atoms with van der Waals surface area (Å²) in [4.78, 5) is 0. The third-order valence-electron chi connectivity index (χ3n) is 1.44. The topological polar surface area (TPSA) is 0 Å². The van der Waals surface area contributed by atoms with E-state index in [2.05, 4.69) is 39.8 Å². The molecule has 1 heteroatoms. The Morgan fingerprint density at radius 3 is 1.18 bits per heavy atom. The van der Waals surface area contributed by atoms with Gasteiger partial charge >= 0.3 is 19.5 Å². The number of allylic oxidation sites excluding steroid dienone is 8. The zero-order valence-corrected chi connectivity index (χ0v) is 13.7. The van der Waals surface area contributed by atoms with Crippen molar-refractivity contribution in [2.75, 3.05) is 0 Å². The van der Waals surface area contributed by atoms with Crippen molar-refractivity contribution in [1.29, 1.82) is 0 Å². The van der Waals surface area contributed by atoms with E-state index in [0.717, 1.165) is 0 Å². The molecule has 0 aromatic rings. The zero-order valence-electron chi connectivity index (χ0n) is 12.0. The van der Waals surface area contributed by atoms with Crippen molar-refractivity contribution in [3.05, 3.63) is 48.6 Å². The van der Waals surface area contributed by atoms with Crippen molar-refractivity contribution < 1.29 is 19.5 Å². The second-order valence-corrected chi connectivity index (χ2v) is 4.03. The monoisotopic (exact) mass is 320 g/mol. The maximum Gasteiger partial charge on any atom is 2.00 e. The first kappa shape index (κ1) is 21.8. The molecule has 0 heterocycles. The van der Waals surface area contributed by atoms with Crippen LogP contribution in [0.1, 0.15) is 41.5 Å². The molecule has 0 saturated heterocycles. The molecule has 17 heavy (non-hydrogen) atoms. The van der Waals surface area contributed by atoms with E-state index in [1.807, 2.05) is 50.3 Å². The molecule has 0 fully saturated rings. The Balaban J connectivity index is -0.000000218. The fourth-order valence-electron chi connectivity index (χ4n) is 0.688. The quantitative estimate of drug-likeness (QED) is 0.382. The van der Waals surface area contributed by atoms with E-state index in [1.165, 1.54) is 0 Å². The van der Waals surface area contributed by atoms with Gasteiger partial charge in [-0.2, -0.15) is 12.2 Å². The Labute approximate surface area is 121 Å². The van der Waals surface area contributed by atoms with Gasteiger partial charge in [-0.15, -0.1) is 11.8 Å². The van der Waals surface area contributed by atoms with Crippen LogP contribution >= 0.6 is 0 Å². The fraction of sp³-hybridized carbons (Fsp3) is 0.500. The molecule has 0 bridgehead atoms. The van der Waals surface area contributed by atoms with Crippen LogP contribution in [0.4, 0.5) is 0 Å². The van der Waals surface area contributed by atoms with E-state index in [4.69, 9.17) is 0 Å². The van der Waals surface area contributed by atoms with Crippen LogP contribution < -0.4 is 0 Å². The Morgan fingerprint density at radius 2 is 1.00 bits per heavy atom. The van der Waals surface area contributed by atoms with Gasteiger partial charge in [-0.05, 0) is 0 Å². The van der Waals surface area contributed by atoms with E-state index in [0.29, 0.717) is 11.8 Å². The van der Waals surface area contributed by atoms with Crippen molar-refractivity contribution in [1.82, 2.24) is 0 Å². The summed E-state index contributed by atoms with van der Waals surface area (Å²) in [6.45, 7) is 12.4. The van der Waals surface area contributed by atoms with Crippen molar-refractivity contribution in [2.45, 2.75) is 41.5 Å². The summed E-state index contributed by atoms with van der Waals surface area (Å²) in [5.74, 6) is 1.09. The summed E-state index contributed by atoms with van der Waals surface area (Å²) in [5.41, 5.74) is 0. The normalized spacial score (nSPS) is 11.8. The fourth-order valence-corrected chi connectivity index (χ4v) is 0.688. The minimum atomic E-state index is 0. The minimum absolute atomic E-state index is 0. The molecule has 0 rings (SSSR count). The minimum Gasteiger partial charge on any atom is -0.273 e. The third kappa shape index (κ3) is 31.3. The van der Waals surface area contributed by atoms with Crippen molar-refractivity contribution in [3.63, 3.8) is 0 Å². The molecule has 0 nitrogen and oxygen atoms in total. The van der Waals surface area contributed by atoms with E-state index >= 15 is 0 Å². The zero-order chi connectivity index (χ0) is 12.8. The molecule has 0 N–H and O–H groups in total. The van der Waals surface area contributed by atoms with Crippen molar-refractivity contribution >= 4 is 0 Å². The second kappa shape index (κ2) is 18.0. The first-order chi connectivity index (χ1) is 7.54. The number of rotatable bonds is 4. The summed E-state index contributed by atoms with van der Waals surface area (Å²) >= 11 is 0. The van der Waals surface area contributed by atoms with Gasteiger partial charge in [-0.25, -0.2) is 24.3 Å². The maximum atomic E-state index is 3.13. The Bertz CT molecular complexity index is 204. The van der Waals surface area contributed by atoms with Gasteiger partial charge in [-0.1, -0.05) is 41.5 Å². The second-order valence-electron chi connectivity index (χ2n) is 4.03. The molecule has 98 valence electrons. The van der Waals surface area contributed by atoms with Crippen LogP contribution in [0.3, 0.4) is 0 Å². The SMILES string of the molecule is CC=CC=[C-]C(C)C.CC=CC=[C-]C(C)C.[Ru+2]. The van der Waals surface area contributed by atoms with Crippen LogP contribution in [0.15, 0.2) is 36.5 Å². The van der Waals surface area contributed by atoms with Crippen LogP contribution in [0.25, 0.3) is 0 Å². The molecule has 0 aliphatic heterocycles. The van der Waals surface area contributed by atoms with E-state index in [1.54, 1.807) is 0 Å². The molecule has 0 amide bonds. The molecule has 0 atom stereocenters. The van der Waals surface area contributed by atoms with Crippen LogP contribution in [-0.4, -0.2) is 0 Å². The van der Waals surface area contributed by atoms with Gasteiger partial charge in [-0.3, -0.25) is 12.2 Å². The molecule has 0 aromatic heterocycles. The molecular weight excluding hydrogens is 293 g/mol. The van der Waals surface area contributed by atoms with Gasteiger partial charge in [0.25, 0.3) is 0 Å². The summed E-state index contributed by atoms with van der Waals surface area (Å²) in [6.07, 6.45) is 18.1. The van der Waals surface area contributed by atoms with E-state index < -0.39 is 0 Å². The summed E-state index contributed by atoms with van der Waals surface area (Å²) in [6, 6.07) is 0. The number of hydrogen-bond donors (Lipinski definition) is 0. The average Bonchev–Trinajstić information content (AvgIpc) is 2.18. The maximum absolute atomic E-state index is 3.13. The third-order valence-corrected chi connectivity index (χ3v) is 1.44. The van der Waals surface area contributed by atoms with Crippen molar-refractivity contribution in [2.24, 2.45) is 11.8 Å². The summed E-state index contributed by atoms with van der Waals surface area (Å²) < 4.78 is 0. The largest absolute Gasteiger partial charge is 2.00 e. The van der Waals surface area contributed by atoms with Crippen molar-refractivity contribution in [3.8, 4) is 0 Å². The summed E-state index contributed by atoms with van der Waals surface area (Å²) in [5, 5.41) is 0. The Kier molecular flexibility index (Phi) is 23.1. The predicted molar refractivity (Wildman–Crippen MR) is 74.9 cm³/mol. The van der Waals surface area contributed by atoms with Gasteiger partial charge in [0.05, 0.1) is 0 Å². The van der Waals surface area contributed by atoms with E-state index in [-0.39, 0.29) is 19.5 Å². The molecule has 0 saturated carbocycles. The van der Waals surface area contributed by atoms with Crippen LogP contribution in [0, 0.1) is 24.0 Å². The predicted octanol–water partition coefficient (Wildman–Crippen LogP) is 5.15. The standard InChI is InChI=1S/2C8H13.Ru/c2*1-4-5-6-7-8(2)3;/h2*4-6,8H,1-3H3;/q2*-1;+2. The van der Waals surface area contributed by atoms with Gasteiger partial charge in [0.15, 0.2) is 0 Å². The van der Waals surface area contributed by atoms with Gasteiger partial charge in [0.2, 0.25) is 0 Å². The molecule has 0 spiro atoms. The smallest absolute Gasteiger partial charge is 0.273 e. The molecule has 0 aliphatic carbocycles. The molecule has 0 radical (unpaired) electrons. The first-order valence-corrected chi connectivity index (χ1v) is 5.95. The molecule has 0 unspecified atom stereocenters. The molecule has 0 aliphatic rings. The molecule has 0 aromatic carbocycles. The van der Waals surface area contributed by atoms with Gasteiger partial charge < -0.3 is 0 Å².